The van der Waals surface area contributed by atoms with Gasteiger partial charge in [-0.2, -0.15) is 0 Å². The van der Waals surface area contributed by atoms with Crippen molar-refractivity contribution in [2.24, 2.45) is 10.8 Å². The molecule has 0 spiro atoms. The van der Waals surface area contributed by atoms with Gasteiger partial charge in [-0.1, -0.05) is 55.4 Å². The first-order valence-corrected chi connectivity index (χ1v) is 7.80. The largest absolute Gasteiger partial charge is 0.323 e. The van der Waals surface area contributed by atoms with Crippen molar-refractivity contribution in [1.82, 2.24) is 0 Å². The van der Waals surface area contributed by atoms with Gasteiger partial charge < -0.3 is 4.48 Å². The van der Waals surface area contributed by atoms with E-state index in [1.165, 1.54) is 23.7 Å². The molecular formula is C17H38N+. The van der Waals surface area contributed by atoms with Crippen molar-refractivity contribution in [3.63, 3.8) is 0 Å². The molecule has 0 aromatic heterocycles. The van der Waals surface area contributed by atoms with Gasteiger partial charge in [-0.3, -0.25) is 0 Å². The van der Waals surface area contributed by atoms with Gasteiger partial charge in [-0.25, -0.2) is 0 Å². The third kappa shape index (κ3) is 3.98. The highest BCUT2D eigenvalue weighted by Crippen LogP contribution is 2.43. The lowest BCUT2D eigenvalue weighted by molar-refractivity contribution is -0.957. The number of likely N-dealkylation sites (tertiary alicyclic amines) is 1. The maximum absolute atomic E-state index is 2.45. The smallest absolute Gasteiger partial charge is 0.0937 e. The summed E-state index contributed by atoms with van der Waals surface area (Å²) in [5.41, 5.74) is 0.848. The predicted molar refractivity (Wildman–Crippen MR) is 83.8 cm³/mol. The minimum atomic E-state index is 0.424. The molecule has 0 aromatic rings. The summed E-state index contributed by atoms with van der Waals surface area (Å²) in [6.45, 7) is 18.4. The van der Waals surface area contributed by atoms with E-state index in [4.69, 9.17) is 0 Å². The van der Waals surface area contributed by atoms with Gasteiger partial charge in [-0.05, 0) is 6.42 Å². The van der Waals surface area contributed by atoms with Crippen molar-refractivity contribution in [2.75, 3.05) is 14.1 Å². The van der Waals surface area contributed by atoms with Crippen LogP contribution in [0.25, 0.3) is 0 Å². The summed E-state index contributed by atoms with van der Waals surface area (Å²) in [5, 5.41) is 0. The molecule has 1 saturated heterocycles. The van der Waals surface area contributed by atoms with E-state index in [1.807, 2.05) is 13.8 Å². The first-order chi connectivity index (χ1) is 7.97. The maximum Gasteiger partial charge on any atom is 0.0937 e. The number of piperidine rings is 1. The number of nitrogens with zero attached hydrogens (tertiary/aromatic N) is 1. The Labute approximate surface area is 117 Å². The van der Waals surface area contributed by atoms with Gasteiger partial charge in [0.15, 0.2) is 0 Å². The Morgan fingerprint density at radius 1 is 0.722 bits per heavy atom. The highest BCUT2D eigenvalue weighted by Gasteiger charge is 2.49. The van der Waals surface area contributed by atoms with E-state index < -0.39 is 0 Å². The number of quaternary nitrogens is 1. The average Bonchev–Trinajstić information content (AvgIpc) is 2.15. The fourth-order valence-electron chi connectivity index (χ4n) is 4.25. The van der Waals surface area contributed by atoms with Crippen molar-refractivity contribution in [1.29, 1.82) is 0 Å². The summed E-state index contributed by atoms with van der Waals surface area (Å²) in [4.78, 5) is 0. The second-order valence-corrected chi connectivity index (χ2v) is 8.32. The fourth-order valence-corrected chi connectivity index (χ4v) is 4.25. The summed E-state index contributed by atoms with van der Waals surface area (Å²) < 4.78 is 1.20. The zero-order chi connectivity index (χ0) is 14.8. The van der Waals surface area contributed by atoms with Crippen LogP contribution in [0.2, 0.25) is 0 Å². The van der Waals surface area contributed by atoms with E-state index in [0.717, 1.165) is 12.1 Å². The van der Waals surface area contributed by atoms with Gasteiger partial charge in [0, 0.05) is 23.7 Å². The van der Waals surface area contributed by atoms with Crippen LogP contribution in [-0.2, 0) is 0 Å². The van der Waals surface area contributed by atoms with Gasteiger partial charge in [0.2, 0.25) is 0 Å². The highest BCUT2D eigenvalue weighted by molar-refractivity contribution is 4.85. The van der Waals surface area contributed by atoms with Crippen molar-refractivity contribution in [3.8, 4) is 0 Å². The van der Waals surface area contributed by atoms with E-state index in [1.54, 1.807) is 0 Å². The lowest BCUT2D eigenvalue weighted by Gasteiger charge is -2.56. The second kappa shape index (κ2) is 5.94. The molecule has 1 rings (SSSR count). The van der Waals surface area contributed by atoms with Crippen LogP contribution >= 0.6 is 0 Å². The van der Waals surface area contributed by atoms with Crippen LogP contribution in [0.1, 0.15) is 74.7 Å². The first kappa shape index (κ1) is 18.0. The van der Waals surface area contributed by atoms with E-state index in [9.17, 15) is 0 Å². The monoisotopic (exact) mass is 256 g/mol. The zero-order valence-electron chi connectivity index (χ0n) is 14.7. The average molecular weight is 256 g/mol. The predicted octanol–water partition coefficient (Wildman–Crippen LogP) is 5.10. The first-order valence-electron chi connectivity index (χ1n) is 7.80. The molecule has 0 saturated carbocycles. The summed E-state index contributed by atoms with van der Waals surface area (Å²) >= 11 is 0. The van der Waals surface area contributed by atoms with Gasteiger partial charge in [0.05, 0.1) is 26.2 Å². The maximum atomic E-state index is 2.45. The standard InChI is InChI=1S/C15H32N.C2H6/c1-14(2,3)12-10-9-11-13(15(4,5)6)16(12,7)8;1-2/h12-13H,9-11H2,1-8H3;1-2H3/q+1;. The molecule has 1 aliphatic heterocycles. The molecule has 0 N–H and O–H groups in total. The molecule has 1 nitrogen and oxygen atoms in total. The zero-order valence-corrected chi connectivity index (χ0v) is 14.7. The van der Waals surface area contributed by atoms with Crippen LogP contribution < -0.4 is 0 Å². The molecule has 2 unspecified atom stereocenters. The molecule has 110 valence electrons. The summed E-state index contributed by atoms with van der Waals surface area (Å²) in [6, 6.07) is 1.59. The molecular weight excluding hydrogens is 218 g/mol. The molecule has 18 heavy (non-hydrogen) atoms. The SMILES string of the molecule is CC.CC(C)(C)C1CCCC(C(C)(C)C)[N+]1(C)C. The molecule has 0 radical (unpaired) electrons. The molecule has 1 heteroatoms. The van der Waals surface area contributed by atoms with E-state index in [2.05, 4.69) is 55.6 Å². The minimum absolute atomic E-state index is 0.424. The number of rotatable bonds is 0. The normalized spacial score (nSPS) is 28.3. The quantitative estimate of drug-likeness (QED) is 0.529. The van der Waals surface area contributed by atoms with E-state index in [-0.39, 0.29) is 0 Å². The summed E-state index contributed by atoms with van der Waals surface area (Å²) in [5.74, 6) is 0. The van der Waals surface area contributed by atoms with Crippen LogP contribution in [0.15, 0.2) is 0 Å². The van der Waals surface area contributed by atoms with Crippen LogP contribution in [-0.4, -0.2) is 30.7 Å². The molecule has 0 aromatic carbocycles. The Morgan fingerprint density at radius 2 is 1.00 bits per heavy atom. The van der Waals surface area contributed by atoms with Crippen molar-refractivity contribution in [2.45, 2.75) is 86.7 Å². The molecule has 1 fully saturated rings. The summed E-state index contributed by atoms with van der Waals surface area (Å²) in [7, 11) is 4.90. The Balaban J connectivity index is 0.00000137. The van der Waals surface area contributed by atoms with Crippen molar-refractivity contribution in [3.05, 3.63) is 0 Å². The lowest BCUT2D eigenvalue weighted by Crippen LogP contribution is -2.65. The lowest BCUT2D eigenvalue weighted by atomic mass is 9.72. The molecule has 1 heterocycles. The van der Waals surface area contributed by atoms with Crippen LogP contribution in [0.5, 0.6) is 0 Å². The molecule has 0 amide bonds. The van der Waals surface area contributed by atoms with Crippen LogP contribution in [0, 0.1) is 10.8 Å². The fraction of sp³-hybridized carbons (Fsp3) is 1.00. The van der Waals surface area contributed by atoms with Gasteiger partial charge in [0.1, 0.15) is 0 Å². The Hall–Kier alpha value is -0.0400. The van der Waals surface area contributed by atoms with Crippen LogP contribution in [0.3, 0.4) is 0 Å². The third-order valence-corrected chi connectivity index (χ3v) is 4.56. The molecule has 0 aliphatic carbocycles. The van der Waals surface area contributed by atoms with Gasteiger partial charge >= 0.3 is 0 Å². The Bertz CT molecular complexity index is 215. The number of hydrogen-bond acceptors (Lipinski definition) is 0. The third-order valence-electron chi connectivity index (χ3n) is 4.56. The molecule has 0 bridgehead atoms. The van der Waals surface area contributed by atoms with Gasteiger partial charge in [0.25, 0.3) is 0 Å². The van der Waals surface area contributed by atoms with Crippen molar-refractivity contribution < 1.29 is 4.48 Å². The minimum Gasteiger partial charge on any atom is -0.323 e. The Morgan fingerprint density at radius 3 is 1.22 bits per heavy atom. The Kier molecular flexibility index (Phi) is 5.93. The van der Waals surface area contributed by atoms with E-state index in [0.29, 0.717) is 10.8 Å². The second-order valence-electron chi connectivity index (χ2n) is 8.32. The molecule has 2 atom stereocenters. The van der Waals surface area contributed by atoms with Crippen molar-refractivity contribution >= 4 is 0 Å². The topological polar surface area (TPSA) is 0 Å². The highest BCUT2D eigenvalue weighted by atomic mass is 15.4. The van der Waals surface area contributed by atoms with Crippen LogP contribution in [0.4, 0.5) is 0 Å². The van der Waals surface area contributed by atoms with E-state index >= 15 is 0 Å². The number of hydrogen-bond donors (Lipinski definition) is 0. The van der Waals surface area contributed by atoms with Gasteiger partial charge in [-0.15, -0.1) is 0 Å². The molecule has 1 aliphatic rings. The summed E-state index contributed by atoms with van der Waals surface area (Å²) in [6.07, 6.45) is 4.19.